The van der Waals surface area contributed by atoms with Crippen molar-refractivity contribution in [1.29, 1.82) is 0 Å². The Morgan fingerprint density at radius 3 is 1.91 bits per heavy atom. The molecule has 0 saturated carbocycles. The van der Waals surface area contributed by atoms with Crippen molar-refractivity contribution >= 4 is 92.7 Å². The summed E-state index contributed by atoms with van der Waals surface area (Å²) in [5.41, 5.74) is 10.9. The number of fused-ring (bicyclic) bond motifs is 14. The zero-order chi connectivity index (χ0) is 38.0. The quantitative estimate of drug-likeness (QED) is 0.176. The number of anilines is 3. The van der Waals surface area contributed by atoms with Crippen LogP contribution in [0, 0.1) is 0 Å². The zero-order valence-electron chi connectivity index (χ0n) is 31.3. The second-order valence-corrected chi connectivity index (χ2v) is 17.7. The van der Waals surface area contributed by atoms with E-state index < -0.39 is 5.41 Å². The summed E-state index contributed by atoms with van der Waals surface area (Å²) in [7, 11) is 0. The molecule has 0 fully saturated rings. The maximum atomic E-state index is 2.51. The standard InChI is InChI=1S/C55H33NS2/c1-2-13-37-31-38(25-23-34(37)11-1)56(40-26-29-43-45-28-24-35-12-3-4-16-41(35)54(45)58-52(43)33-40)39-27-30-51-49(32-39)55(47-20-7-8-22-50(47)57-51)46-19-6-5-17-42(46)44-18-9-14-36-15-10-21-48(55)53(36)44/h1-33H. The van der Waals surface area contributed by atoms with Crippen LogP contribution in [0.3, 0.4) is 0 Å². The van der Waals surface area contributed by atoms with Gasteiger partial charge in [-0.1, -0.05) is 163 Å². The molecule has 11 aromatic rings. The summed E-state index contributed by atoms with van der Waals surface area (Å²) >= 11 is 3.80. The van der Waals surface area contributed by atoms with Crippen LogP contribution in [0.5, 0.6) is 0 Å². The summed E-state index contributed by atoms with van der Waals surface area (Å²) in [4.78, 5) is 5.08. The molecule has 1 atom stereocenters. The van der Waals surface area contributed by atoms with E-state index in [-0.39, 0.29) is 0 Å². The highest BCUT2D eigenvalue weighted by Crippen LogP contribution is 2.62. The van der Waals surface area contributed by atoms with Gasteiger partial charge in [0, 0.05) is 47.0 Å². The van der Waals surface area contributed by atoms with Crippen molar-refractivity contribution in [3.05, 3.63) is 222 Å². The van der Waals surface area contributed by atoms with Crippen LogP contribution in [-0.2, 0) is 5.41 Å². The molecule has 1 aliphatic heterocycles. The maximum Gasteiger partial charge on any atom is 0.0736 e. The number of thiophene rings is 1. The SMILES string of the molecule is c1ccc2c(c1)Sc1ccc(N(c3ccc4ccccc4c3)c3ccc4c(c3)sc3c5ccccc5ccc43)cc1C21c2ccccc2-c2cccc3cccc1c23. The Hall–Kier alpha value is -6.65. The minimum Gasteiger partial charge on any atom is -0.310 e. The molecule has 1 nitrogen and oxygen atoms in total. The highest BCUT2D eigenvalue weighted by molar-refractivity contribution is 7.99. The number of hydrogen-bond acceptors (Lipinski definition) is 3. The fourth-order valence-corrected chi connectivity index (χ4v) is 12.7. The van der Waals surface area contributed by atoms with Crippen LogP contribution in [0.4, 0.5) is 17.1 Å². The lowest BCUT2D eigenvalue weighted by molar-refractivity contribution is 0.707. The molecule has 1 aliphatic carbocycles. The van der Waals surface area contributed by atoms with Gasteiger partial charge in [-0.15, -0.1) is 11.3 Å². The Balaban J connectivity index is 1.10. The highest BCUT2D eigenvalue weighted by Gasteiger charge is 2.48. The minimum atomic E-state index is -0.525. The molecule has 1 unspecified atom stereocenters. The average molecular weight is 772 g/mol. The fraction of sp³-hybridized carbons (Fsp3) is 0.0182. The van der Waals surface area contributed by atoms with Gasteiger partial charge in [-0.2, -0.15) is 0 Å². The molecule has 0 N–H and O–H groups in total. The van der Waals surface area contributed by atoms with Gasteiger partial charge in [0.1, 0.15) is 0 Å². The monoisotopic (exact) mass is 771 g/mol. The van der Waals surface area contributed by atoms with Crippen LogP contribution in [0.15, 0.2) is 210 Å². The van der Waals surface area contributed by atoms with Gasteiger partial charge in [-0.05, 0) is 114 Å². The summed E-state index contributed by atoms with van der Waals surface area (Å²) in [5, 5.41) is 10.3. The van der Waals surface area contributed by atoms with E-state index in [1.807, 2.05) is 23.1 Å². The lowest BCUT2D eigenvalue weighted by atomic mass is 9.59. The molecule has 10 aromatic carbocycles. The first kappa shape index (κ1) is 32.4. The second-order valence-electron chi connectivity index (χ2n) is 15.6. The van der Waals surface area contributed by atoms with Crippen molar-refractivity contribution in [3.8, 4) is 11.1 Å². The van der Waals surface area contributed by atoms with Crippen LogP contribution in [0.1, 0.15) is 22.3 Å². The van der Waals surface area contributed by atoms with Crippen molar-refractivity contribution in [3.63, 3.8) is 0 Å². The van der Waals surface area contributed by atoms with Crippen molar-refractivity contribution in [2.75, 3.05) is 4.90 Å². The van der Waals surface area contributed by atoms with Gasteiger partial charge in [-0.25, -0.2) is 0 Å². The van der Waals surface area contributed by atoms with E-state index in [2.05, 4.69) is 205 Å². The Labute approximate surface area is 344 Å². The summed E-state index contributed by atoms with van der Waals surface area (Å²) < 4.78 is 2.64. The number of nitrogens with zero attached hydrogens (tertiary/aromatic N) is 1. The predicted molar refractivity (Wildman–Crippen MR) is 248 cm³/mol. The summed E-state index contributed by atoms with van der Waals surface area (Å²) in [6, 6.07) is 75.2. The van der Waals surface area contributed by atoms with Crippen molar-refractivity contribution in [2.24, 2.45) is 0 Å². The van der Waals surface area contributed by atoms with Gasteiger partial charge in [0.15, 0.2) is 0 Å². The molecule has 1 spiro atoms. The molecule has 2 aliphatic rings. The zero-order valence-corrected chi connectivity index (χ0v) is 32.9. The van der Waals surface area contributed by atoms with Crippen LogP contribution < -0.4 is 4.90 Å². The molecular formula is C55H33NS2. The Kier molecular flexibility index (Phi) is 6.81. The first-order valence-electron chi connectivity index (χ1n) is 19.9. The largest absolute Gasteiger partial charge is 0.310 e. The Morgan fingerprint density at radius 2 is 0.983 bits per heavy atom. The van der Waals surface area contributed by atoms with Crippen LogP contribution in [0.25, 0.3) is 63.6 Å². The smallest absolute Gasteiger partial charge is 0.0736 e. The maximum absolute atomic E-state index is 2.51. The molecule has 0 saturated heterocycles. The molecule has 58 heavy (non-hydrogen) atoms. The van der Waals surface area contributed by atoms with Crippen LogP contribution in [0.2, 0.25) is 0 Å². The lowest BCUT2D eigenvalue weighted by Crippen LogP contribution is -2.36. The molecule has 2 heterocycles. The molecule has 1 aromatic heterocycles. The molecule has 0 bridgehead atoms. The van der Waals surface area contributed by atoms with E-state index in [0.717, 1.165) is 17.1 Å². The predicted octanol–water partition coefficient (Wildman–Crippen LogP) is 15.8. The first-order chi connectivity index (χ1) is 28.7. The normalized spacial score (nSPS) is 15.2. The van der Waals surface area contributed by atoms with Gasteiger partial charge in [0.25, 0.3) is 0 Å². The summed E-state index contributed by atoms with van der Waals surface area (Å²) in [5.74, 6) is 0. The van der Waals surface area contributed by atoms with E-state index in [4.69, 9.17) is 0 Å². The second kappa shape index (κ2) is 12.2. The molecule has 0 amide bonds. The Bertz CT molecular complexity index is 3520. The highest BCUT2D eigenvalue weighted by atomic mass is 32.2. The minimum absolute atomic E-state index is 0.525. The van der Waals surface area contributed by atoms with Crippen molar-refractivity contribution in [2.45, 2.75) is 15.2 Å². The van der Waals surface area contributed by atoms with Crippen LogP contribution in [-0.4, -0.2) is 0 Å². The topological polar surface area (TPSA) is 3.24 Å². The van der Waals surface area contributed by atoms with Gasteiger partial charge in [0.2, 0.25) is 0 Å². The molecule has 270 valence electrons. The van der Waals surface area contributed by atoms with Gasteiger partial charge >= 0.3 is 0 Å². The molecule has 3 heteroatoms. The van der Waals surface area contributed by atoms with Gasteiger partial charge in [-0.3, -0.25) is 0 Å². The third-order valence-electron chi connectivity index (χ3n) is 12.7. The van der Waals surface area contributed by atoms with E-state index in [1.165, 1.54) is 95.7 Å². The third-order valence-corrected chi connectivity index (χ3v) is 15.0. The molecular weight excluding hydrogens is 739 g/mol. The number of hydrogen-bond donors (Lipinski definition) is 0. The van der Waals surface area contributed by atoms with E-state index >= 15 is 0 Å². The molecule has 0 radical (unpaired) electrons. The third kappa shape index (κ3) is 4.43. The van der Waals surface area contributed by atoms with E-state index in [1.54, 1.807) is 0 Å². The first-order valence-corrected chi connectivity index (χ1v) is 21.5. The van der Waals surface area contributed by atoms with Gasteiger partial charge < -0.3 is 4.90 Å². The fourth-order valence-electron chi connectivity index (χ4n) is 10.2. The van der Waals surface area contributed by atoms with Crippen LogP contribution >= 0.6 is 23.1 Å². The average Bonchev–Trinajstić information content (AvgIpc) is 3.66. The number of benzene rings is 10. The van der Waals surface area contributed by atoms with Gasteiger partial charge in [0.05, 0.1) is 5.41 Å². The van der Waals surface area contributed by atoms with E-state index in [0.29, 0.717) is 0 Å². The van der Waals surface area contributed by atoms with Crippen molar-refractivity contribution < 1.29 is 0 Å². The Morgan fingerprint density at radius 1 is 0.362 bits per heavy atom. The lowest BCUT2D eigenvalue weighted by Gasteiger charge is -2.46. The summed E-state index contributed by atoms with van der Waals surface area (Å²) in [6.45, 7) is 0. The van der Waals surface area contributed by atoms with Crippen molar-refractivity contribution in [1.82, 2.24) is 0 Å². The van der Waals surface area contributed by atoms with E-state index in [9.17, 15) is 0 Å². The summed E-state index contributed by atoms with van der Waals surface area (Å²) in [6.07, 6.45) is 0. The molecule has 13 rings (SSSR count). The number of rotatable bonds is 3.